The van der Waals surface area contributed by atoms with E-state index in [9.17, 15) is 0 Å². The van der Waals surface area contributed by atoms with E-state index in [0.717, 1.165) is 11.4 Å². The van der Waals surface area contributed by atoms with E-state index in [2.05, 4.69) is 10.1 Å². The van der Waals surface area contributed by atoms with Crippen LogP contribution in [0.25, 0.3) is 11.5 Å². The molecule has 0 aromatic carbocycles. The van der Waals surface area contributed by atoms with Crippen LogP contribution in [-0.4, -0.2) is 14.8 Å². The molecular formula is C8H10N4O. The number of hydrogen-bond acceptors (Lipinski definition) is 4. The molecule has 0 bridgehead atoms. The van der Waals surface area contributed by atoms with Gasteiger partial charge in [0.05, 0.1) is 11.9 Å². The lowest BCUT2D eigenvalue weighted by molar-refractivity contribution is 0.585. The van der Waals surface area contributed by atoms with Crippen molar-refractivity contribution in [2.75, 3.05) is 5.73 Å². The molecular weight excluding hydrogens is 168 g/mol. The monoisotopic (exact) mass is 178 g/mol. The molecule has 2 rings (SSSR count). The standard InChI is InChI=1S/C8H10N4O/c1-5-3-6(12(2)11-5)7-4-10-8(9)13-7/h3-4H,1-2H3,(H2,9,10). The fraction of sp³-hybridized carbons (Fsp3) is 0.250. The highest BCUT2D eigenvalue weighted by Gasteiger charge is 2.09. The minimum atomic E-state index is 0.175. The molecule has 0 atom stereocenters. The number of aromatic nitrogens is 3. The van der Waals surface area contributed by atoms with Crippen molar-refractivity contribution in [3.05, 3.63) is 18.0 Å². The first-order chi connectivity index (χ1) is 6.16. The van der Waals surface area contributed by atoms with Crippen molar-refractivity contribution in [2.24, 2.45) is 7.05 Å². The third kappa shape index (κ3) is 1.28. The summed E-state index contributed by atoms with van der Waals surface area (Å²) in [6.45, 7) is 1.92. The van der Waals surface area contributed by atoms with E-state index < -0.39 is 0 Å². The van der Waals surface area contributed by atoms with E-state index in [1.54, 1.807) is 10.9 Å². The Bertz CT molecular complexity index is 429. The van der Waals surface area contributed by atoms with Crippen LogP contribution in [0.2, 0.25) is 0 Å². The minimum absolute atomic E-state index is 0.175. The second kappa shape index (κ2) is 2.62. The van der Waals surface area contributed by atoms with E-state index in [1.807, 2.05) is 20.0 Å². The third-order valence-corrected chi connectivity index (χ3v) is 1.78. The van der Waals surface area contributed by atoms with E-state index in [4.69, 9.17) is 10.2 Å². The smallest absolute Gasteiger partial charge is 0.292 e. The maximum absolute atomic E-state index is 5.37. The molecule has 0 aliphatic heterocycles. The number of anilines is 1. The third-order valence-electron chi connectivity index (χ3n) is 1.78. The van der Waals surface area contributed by atoms with Gasteiger partial charge in [-0.15, -0.1) is 0 Å². The second-order valence-electron chi connectivity index (χ2n) is 2.86. The van der Waals surface area contributed by atoms with Gasteiger partial charge in [-0.3, -0.25) is 4.68 Å². The van der Waals surface area contributed by atoms with Crippen LogP contribution < -0.4 is 5.73 Å². The van der Waals surface area contributed by atoms with Gasteiger partial charge in [0.1, 0.15) is 5.69 Å². The Kier molecular flexibility index (Phi) is 1.58. The summed E-state index contributed by atoms with van der Waals surface area (Å²) in [4.78, 5) is 3.81. The Morgan fingerprint density at radius 1 is 1.54 bits per heavy atom. The molecule has 0 spiro atoms. The summed E-state index contributed by atoms with van der Waals surface area (Å²) in [6, 6.07) is 2.09. The Morgan fingerprint density at radius 3 is 2.77 bits per heavy atom. The molecule has 0 radical (unpaired) electrons. The van der Waals surface area contributed by atoms with Gasteiger partial charge in [-0.1, -0.05) is 0 Å². The molecule has 0 aliphatic rings. The van der Waals surface area contributed by atoms with Gasteiger partial charge in [-0.2, -0.15) is 5.10 Å². The van der Waals surface area contributed by atoms with Crippen molar-refractivity contribution in [2.45, 2.75) is 6.92 Å². The zero-order valence-corrected chi connectivity index (χ0v) is 7.48. The molecule has 2 aromatic heterocycles. The maximum atomic E-state index is 5.37. The summed E-state index contributed by atoms with van der Waals surface area (Å²) in [7, 11) is 1.85. The number of aryl methyl sites for hydroxylation is 2. The van der Waals surface area contributed by atoms with Gasteiger partial charge >= 0.3 is 0 Å². The molecule has 0 fully saturated rings. The molecule has 0 aliphatic carbocycles. The van der Waals surface area contributed by atoms with Gasteiger partial charge in [-0.05, 0) is 13.0 Å². The van der Waals surface area contributed by atoms with Crippen LogP contribution in [0.1, 0.15) is 5.69 Å². The van der Waals surface area contributed by atoms with Crippen LogP contribution in [0.3, 0.4) is 0 Å². The maximum Gasteiger partial charge on any atom is 0.292 e. The summed E-state index contributed by atoms with van der Waals surface area (Å²) in [5, 5.41) is 4.18. The molecule has 0 saturated heterocycles. The fourth-order valence-corrected chi connectivity index (χ4v) is 1.25. The first-order valence-electron chi connectivity index (χ1n) is 3.89. The number of rotatable bonds is 1. The van der Waals surface area contributed by atoms with Crippen LogP contribution >= 0.6 is 0 Å². The molecule has 68 valence electrons. The Morgan fingerprint density at radius 2 is 2.31 bits per heavy atom. The summed E-state index contributed by atoms with van der Waals surface area (Å²) >= 11 is 0. The van der Waals surface area contributed by atoms with Crippen molar-refractivity contribution in [3.63, 3.8) is 0 Å². The highest BCUT2D eigenvalue weighted by atomic mass is 16.4. The number of nitrogens with two attached hydrogens (primary N) is 1. The SMILES string of the molecule is Cc1cc(-c2cnc(N)o2)n(C)n1. The molecule has 0 saturated carbocycles. The molecule has 2 heterocycles. The number of oxazole rings is 1. The van der Waals surface area contributed by atoms with Crippen molar-refractivity contribution in [1.29, 1.82) is 0 Å². The zero-order chi connectivity index (χ0) is 9.42. The van der Waals surface area contributed by atoms with E-state index in [-0.39, 0.29) is 6.01 Å². The summed E-state index contributed by atoms with van der Waals surface area (Å²) < 4.78 is 6.90. The van der Waals surface area contributed by atoms with Gasteiger partial charge in [0.15, 0.2) is 5.76 Å². The van der Waals surface area contributed by atoms with Crippen LogP contribution in [0.15, 0.2) is 16.7 Å². The normalized spacial score (nSPS) is 10.6. The van der Waals surface area contributed by atoms with Crippen LogP contribution in [0.4, 0.5) is 6.01 Å². The van der Waals surface area contributed by atoms with E-state index in [1.165, 1.54) is 0 Å². The number of nitrogen functional groups attached to an aromatic ring is 1. The lowest BCUT2D eigenvalue weighted by atomic mass is 10.3. The molecule has 13 heavy (non-hydrogen) atoms. The van der Waals surface area contributed by atoms with Gasteiger partial charge in [0.25, 0.3) is 6.01 Å². The first-order valence-corrected chi connectivity index (χ1v) is 3.89. The van der Waals surface area contributed by atoms with Gasteiger partial charge in [0, 0.05) is 7.05 Å². The first kappa shape index (κ1) is 7.85. The predicted octanol–water partition coefficient (Wildman–Crippen LogP) is 0.966. The average molecular weight is 178 g/mol. The largest absolute Gasteiger partial charge is 0.422 e. The van der Waals surface area contributed by atoms with Crippen molar-refractivity contribution < 1.29 is 4.42 Å². The molecule has 2 aromatic rings. The zero-order valence-electron chi connectivity index (χ0n) is 7.48. The van der Waals surface area contributed by atoms with Crippen LogP contribution in [0.5, 0.6) is 0 Å². The summed E-state index contributed by atoms with van der Waals surface area (Å²) in [5.74, 6) is 0.639. The lowest BCUT2D eigenvalue weighted by Gasteiger charge is -1.94. The molecule has 0 unspecified atom stereocenters. The predicted molar refractivity (Wildman–Crippen MR) is 47.9 cm³/mol. The number of nitrogens with zero attached hydrogens (tertiary/aromatic N) is 3. The second-order valence-corrected chi connectivity index (χ2v) is 2.86. The highest BCUT2D eigenvalue weighted by Crippen LogP contribution is 2.20. The topological polar surface area (TPSA) is 69.9 Å². The highest BCUT2D eigenvalue weighted by molar-refractivity contribution is 5.52. The quantitative estimate of drug-likeness (QED) is 0.706. The molecule has 5 nitrogen and oxygen atoms in total. The minimum Gasteiger partial charge on any atom is -0.422 e. The molecule has 0 amide bonds. The number of hydrogen-bond donors (Lipinski definition) is 1. The Hall–Kier alpha value is -1.78. The van der Waals surface area contributed by atoms with E-state index in [0.29, 0.717) is 5.76 Å². The average Bonchev–Trinajstić information content (AvgIpc) is 2.58. The van der Waals surface area contributed by atoms with Crippen LogP contribution in [-0.2, 0) is 7.05 Å². The summed E-state index contributed by atoms with van der Waals surface area (Å²) in [6.07, 6.45) is 1.59. The van der Waals surface area contributed by atoms with Crippen LogP contribution in [0, 0.1) is 6.92 Å². The van der Waals surface area contributed by atoms with Crippen molar-refractivity contribution >= 4 is 6.01 Å². The Balaban J connectivity index is 2.51. The van der Waals surface area contributed by atoms with E-state index >= 15 is 0 Å². The van der Waals surface area contributed by atoms with Gasteiger partial charge in [-0.25, -0.2) is 4.98 Å². The van der Waals surface area contributed by atoms with Crippen molar-refractivity contribution in [3.8, 4) is 11.5 Å². The van der Waals surface area contributed by atoms with Gasteiger partial charge < -0.3 is 10.2 Å². The Labute approximate surface area is 75.2 Å². The lowest BCUT2D eigenvalue weighted by Crippen LogP contribution is -1.92. The summed E-state index contributed by atoms with van der Waals surface area (Å²) in [5.41, 5.74) is 7.18. The molecule has 2 N–H and O–H groups in total. The fourth-order valence-electron chi connectivity index (χ4n) is 1.25. The van der Waals surface area contributed by atoms with Gasteiger partial charge in [0.2, 0.25) is 0 Å². The van der Waals surface area contributed by atoms with Crippen molar-refractivity contribution in [1.82, 2.24) is 14.8 Å². The molecule has 5 heteroatoms.